The number of benzene rings is 2. The van der Waals surface area contributed by atoms with Crippen molar-refractivity contribution < 1.29 is 32.2 Å². The lowest BCUT2D eigenvalue weighted by Gasteiger charge is -2.19. The Kier molecular flexibility index (Phi) is 4.70. The summed E-state index contributed by atoms with van der Waals surface area (Å²) < 4.78 is 49.5. The topological polar surface area (TPSA) is 76.7 Å². The van der Waals surface area contributed by atoms with Gasteiger partial charge in [0.1, 0.15) is 13.2 Å². The molecule has 0 saturated heterocycles. The summed E-state index contributed by atoms with van der Waals surface area (Å²) in [6.07, 6.45) is -4.66. The van der Waals surface area contributed by atoms with Crippen LogP contribution in [0.1, 0.15) is 5.56 Å². The van der Waals surface area contributed by atoms with Crippen LogP contribution in [0.4, 0.5) is 24.5 Å². The van der Waals surface area contributed by atoms with Gasteiger partial charge in [-0.25, -0.2) is 0 Å². The number of carbonyl (C=O) groups is 2. The number of alkyl halides is 3. The largest absolute Gasteiger partial charge is 0.486 e. The number of halogens is 3. The molecule has 2 aromatic carbocycles. The first-order valence-electron chi connectivity index (χ1n) is 7.53. The van der Waals surface area contributed by atoms with Gasteiger partial charge in [-0.1, -0.05) is 12.1 Å². The second-order valence-corrected chi connectivity index (χ2v) is 5.31. The first-order chi connectivity index (χ1) is 12.3. The van der Waals surface area contributed by atoms with Gasteiger partial charge in [-0.15, -0.1) is 0 Å². The molecule has 136 valence electrons. The summed E-state index contributed by atoms with van der Waals surface area (Å²) in [5, 5.41) is 4.27. The van der Waals surface area contributed by atoms with Crippen LogP contribution in [0.2, 0.25) is 0 Å². The number of carbonyl (C=O) groups excluding carboxylic acids is 2. The van der Waals surface area contributed by atoms with E-state index in [0.29, 0.717) is 24.7 Å². The smallest absolute Gasteiger partial charge is 0.418 e. The molecule has 3 rings (SSSR count). The molecule has 0 bridgehead atoms. The predicted molar refractivity (Wildman–Crippen MR) is 86.1 cm³/mol. The van der Waals surface area contributed by atoms with E-state index in [1.807, 2.05) is 5.32 Å². The molecular formula is C17H13F3N2O4. The van der Waals surface area contributed by atoms with Gasteiger partial charge in [-0.3, -0.25) is 9.59 Å². The highest BCUT2D eigenvalue weighted by atomic mass is 19.4. The molecule has 1 heterocycles. The van der Waals surface area contributed by atoms with Crippen molar-refractivity contribution >= 4 is 23.2 Å². The molecule has 0 aromatic heterocycles. The number of rotatable bonds is 2. The van der Waals surface area contributed by atoms with E-state index in [4.69, 9.17) is 9.47 Å². The summed E-state index contributed by atoms with van der Waals surface area (Å²) in [4.78, 5) is 23.9. The highest BCUT2D eigenvalue weighted by Crippen LogP contribution is 2.35. The number of amides is 2. The van der Waals surface area contributed by atoms with Gasteiger partial charge in [0.2, 0.25) is 0 Å². The number of nitrogens with one attached hydrogen (secondary N) is 2. The summed E-state index contributed by atoms with van der Waals surface area (Å²) in [5.41, 5.74) is -1.29. The molecule has 2 N–H and O–H groups in total. The van der Waals surface area contributed by atoms with Crippen molar-refractivity contribution in [2.45, 2.75) is 6.18 Å². The molecule has 0 saturated carbocycles. The summed E-state index contributed by atoms with van der Waals surface area (Å²) in [5.74, 6) is -1.44. The third-order valence-corrected chi connectivity index (χ3v) is 3.49. The Morgan fingerprint density at radius 2 is 1.54 bits per heavy atom. The maximum atomic E-state index is 12.9. The Morgan fingerprint density at radius 1 is 0.885 bits per heavy atom. The first-order valence-corrected chi connectivity index (χ1v) is 7.53. The first kappa shape index (κ1) is 17.6. The Labute approximate surface area is 145 Å². The monoisotopic (exact) mass is 366 g/mol. The molecule has 0 fully saturated rings. The van der Waals surface area contributed by atoms with Crippen LogP contribution in [0, 0.1) is 0 Å². The summed E-state index contributed by atoms with van der Waals surface area (Å²) >= 11 is 0. The maximum Gasteiger partial charge on any atom is 0.418 e. The Hall–Kier alpha value is -3.23. The van der Waals surface area contributed by atoms with Crippen molar-refractivity contribution in [3.8, 4) is 11.5 Å². The van der Waals surface area contributed by atoms with E-state index in [2.05, 4.69) is 5.32 Å². The maximum absolute atomic E-state index is 12.9. The van der Waals surface area contributed by atoms with Crippen molar-refractivity contribution in [3.05, 3.63) is 48.0 Å². The Bertz CT molecular complexity index is 852. The molecule has 26 heavy (non-hydrogen) atoms. The Morgan fingerprint density at radius 3 is 2.27 bits per heavy atom. The van der Waals surface area contributed by atoms with Crippen LogP contribution in [0.15, 0.2) is 42.5 Å². The number of para-hydroxylation sites is 1. The average molecular weight is 366 g/mol. The summed E-state index contributed by atoms with van der Waals surface area (Å²) in [6, 6.07) is 8.90. The van der Waals surface area contributed by atoms with Crippen molar-refractivity contribution in [1.29, 1.82) is 0 Å². The van der Waals surface area contributed by atoms with Gasteiger partial charge in [0.15, 0.2) is 11.5 Å². The van der Waals surface area contributed by atoms with Gasteiger partial charge in [0, 0.05) is 11.8 Å². The SMILES string of the molecule is O=C(Nc1ccc2c(c1)OCCO2)C(=O)Nc1ccccc1C(F)(F)F. The van der Waals surface area contributed by atoms with E-state index in [1.54, 1.807) is 6.07 Å². The van der Waals surface area contributed by atoms with Gasteiger partial charge in [0.05, 0.1) is 11.3 Å². The van der Waals surface area contributed by atoms with Crippen LogP contribution >= 0.6 is 0 Å². The number of fused-ring (bicyclic) bond motifs is 1. The van der Waals surface area contributed by atoms with E-state index in [-0.39, 0.29) is 5.69 Å². The van der Waals surface area contributed by atoms with Gasteiger partial charge in [-0.05, 0) is 24.3 Å². The minimum atomic E-state index is -4.66. The molecule has 0 radical (unpaired) electrons. The zero-order chi connectivity index (χ0) is 18.7. The molecule has 0 unspecified atom stereocenters. The quantitative estimate of drug-likeness (QED) is 0.801. The number of anilines is 2. The van der Waals surface area contributed by atoms with Crippen molar-refractivity contribution in [2.24, 2.45) is 0 Å². The fourth-order valence-electron chi connectivity index (χ4n) is 2.33. The minimum absolute atomic E-state index is 0.249. The lowest BCUT2D eigenvalue weighted by molar-refractivity contribution is -0.137. The molecule has 6 nitrogen and oxygen atoms in total. The van der Waals surface area contributed by atoms with Gasteiger partial charge in [-0.2, -0.15) is 13.2 Å². The molecule has 0 aliphatic carbocycles. The van der Waals surface area contributed by atoms with E-state index < -0.39 is 29.2 Å². The molecule has 1 aliphatic rings. The number of hydrogen-bond acceptors (Lipinski definition) is 4. The second-order valence-electron chi connectivity index (χ2n) is 5.31. The van der Waals surface area contributed by atoms with Crippen LogP contribution in [-0.4, -0.2) is 25.0 Å². The molecule has 0 atom stereocenters. The van der Waals surface area contributed by atoms with Gasteiger partial charge in [0.25, 0.3) is 0 Å². The lowest BCUT2D eigenvalue weighted by atomic mass is 10.1. The van der Waals surface area contributed by atoms with Crippen LogP contribution in [0.5, 0.6) is 11.5 Å². The van der Waals surface area contributed by atoms with Gasteiger partial charge >= 0.3 is 18.0 Å². The summed E-state index contributed by atoms with van der Waals surface area (Å²) in [7, 11) is 0. The third-order valence-electron chi connectivity index (χ3n) is 3.49. The van der Waals surface area contributed by atoms with Crippen LogP contribution in [-0.2, 0) is 15.8 Å². The third kappa shape index (κ3) is 3.88. The molecule has 2 aromatic rings. The molecule has 2 amide bonds. The zero-order valence-corrected chi connectivity index (χ0v) is 13.2. The van der Waals surface area contributed by atoms with Crippen molar-refractivity contribution in [3.63, 3.8) is 0 Å². The summed E-state index contributed by atoms with van der Waals surface area (Å²) in [6.45, 7) is 0.749. The van der Waals surface area contributed by atoms with Crippen molar-refractivity contribution in [1.82, 2.24) is 0 Å². The standard InChI is InChI=1S/C17H13F3N2O4/c18-17(19,20)11-3-1-2-4-12(11)22-16(24)15(23)21-10-5-6-13-14(9-10)26-8-7-25-13/h1-6,9H,7-8H2,(H,21,23)(H,22,24). The van der Waals surface area contributed by atoms with Crippen LogP contribution in [0.25, 0.3) is 0 Å². The van der Waals surface area contributed by atoms with E-state index in [1.165, 1.54) is 24.3 Å². The van der Waals surface area contributed by atoms with Gasteiger partial charge < -0.3 is 20.1 Å². The Balaban J connectivity index is 1.70. The second kappa shape index (κ2) is 6.95. The number of ether oxygens (including phenoxy) is 2. The average Bonchev–Trinajstić information content (AvgIpc) is 2.61. The predicted octanol–water partition coefficient (Wildman–Crippen LogP) is 3.05. The van der Waals surface area contributed by atoms with E-state index in [9.17, 15) is 22.8 Å². The minimum Gasteiger partial charge on any atom is -0.486 e. The fourth-order valence-corrected chi connectivity index (χ4v) is 2.33. The molecule has 0 spiro atoms. The van der Waals surface area contributed by atoms with Crippen LogP contribution in [0.3, 0.4) is 0 Å². The highest BCUT2D eigenvalue weighted by Gasteiger charge is 2.34. The molecule has 9 heteroatoms. The fraction of sp³-hybridized carbons (Fsp3) is 0.176. The molecular weight excluding hydrogens is 353 g/mol. The highest BCUT2D eigenvalue weighted by molar-refractivity contribution is 6.43. The normalized spacial score (nSPS) is 13.0. The number of hydrogen-bond donors (Lipinski definition) is 2. The zero-order valence-electron chi connectivity index (χ0n) is 13.2. The van der Waals surface area contributed by atoms with Crippen LogP contribution < -0.4 is 20.1 Å². The lowest BCUT2D eigenvalue weighted by Crippen LogP contribution is -2.30. The van der Waals surface area contributed by atoms with E-state index in [0.717, 1.165) is 12.1 Å². The molecule has 1 aliphatic heterocycles. The van der Waals surface area contributed by atoms with E-state index >= 15 is 0 Å². The van der Waals surface area contributed by atoms with Crippen molar-refractivity contribution in [2.75, 3.05) is 23.8 Å².